The van der Waals surface area contributed by atoms with Crippen molar-refractivity contribution in [2.45, 2.75) is 26.0 Å². The van der Waals surface area contributed by atoms with Gasteiger partial charge in [0.1, 0.15) is 11.3 Å². The quantitative estimate of drug-likeness (QED) is 0.313. The number of fused-ring (bicyclic) bond motifs is 1. The molecule has 7 heteroatoms. The number of ketones is 1. The van der Waals surface area contributed by atoms with E-state index in [1.165, 1.54) is 4.90 Å². The molecule has 0 aliphatic carbocycles. The Kier molecular flexibility index (Phi) is 6.21. The Balaban J connectivity index is 1.60. The van der Waals surface area contributed by atoms with Crippen LogP contribution in [0, 0.1) is 0 Å². The molecule has 0 radical (unpaired) electrons. The molecule has 1 atom stereocenters. The highest BCUT2D eigenvalue weighted by molar-refractivity contribution is 6.20. The molecule has 0 spiro atoms. The Morgan fingerprint density at radius 1 is 1.00 bits per heavy atom. The van der Waals surface area contributed by atoms with Crippen LogP contribution in [0.4, 0.5) is 11.4 Å². The van der Waals surface area contributed by atoms with Gasteiger partial charge in [0.2, 0.25) is 5.78 Å². The largest absolute Gasteiger partial charge is 0.503 e. The highest BCUT2D eigenvalue weighted by atomic mass is 16.5. The Bertz CT molecular complexity index is 1460. The average molecular weight is 497 g/mol. The number of benzene rings is 3. The van der Waals surface area contributed by atoms with Gasteiger partial charge in [-0.1, -0.05) is 30.3 Å². The smallest absolute Gasteiger partial charge is 0.294 e. The SMILES string of the molecule is CC(C)Oc1ccc(N2C(=O)C(O)=C(C(=O)c3cc4ccccc4o3)C2c2ccc(N(C)C)cc2)cc1. The van der Waals surface area contributed by atoms with Gasteiger partial charge in [0.05, 0.1) is 17.7 Å². The summed E-state index contributed by atoms with van der Waals surface area (Å²) in [4.78, 5) is 30.6. The summed E-state index contributed by atoms with van der Waals surface area (Å²) in [7, 11) is 3.87. The number of rotatable bonds is 7. The summed E-state index contributed by atoms with van der Waals surface area (Å²) in [6.45, 7) is 3.87. The minimum atomic E-state index is -0.846. The summed E-state index contributed by atoms with van der Waals surface area (Å²) in [6, 6.07) is 22.7. The molecule has 7 nitrogen and oxygen atoms in total. The molecule has 0 saturated carbocycles. The number of carbonyl (C=O) groups excluding carboxylic acids is 2. The number of anilines is 2. The van der Waals surface area contributed by atoms with E-state index >= 15 is 0 Å². The third-order valence-corrected chi connectivity index (χ3v) is 6.31. The van der Waals surface area contributed by atoms with Gasteiger partial charge in [0.25, 0.3) is 5.91 Å². The van der Waals surface area contributed by atoms with Crippen LogP contribution in [-0.2, 0) is 4.79 Å². The van der Waals surface area contributed by atoms with Crippen molar-refractivity contribution < 1.29 is 23.8 Å². The molecular formula is C30H28N2O5. The number of carbonyl (C=O) groups is 2. The van der Waals surface area contributed by atoms with Crippen LogP contribution in [-0.4, -0.2) is 37.0 Å². The van der Waals surface area contributed by atoms with Gasteiger partial charge in [-0.3, -0.25) is 14.5 Å². The lowest BCUT2D eigenvalue weighted by Crippen LogP contribution is -2.31. The summed E-state index contributed by atoms with van der Waals surface area (Å²) < 4.78 is 11.5. The van der Waals surface area contributed by atoms with Gasteiger partial charge in [-0.15, -0.1) is 0 Å². The van der Waals surface area contributed by atoms with Crippen LogP contribution < -0.4 is 14.5 Å². The van der Waals surface area contributed by atoms with Gasteiger partial charge < -0.3 is 19.2 Å². The zero-order valence-corrected chi connectivity index (χ0v) is 21.1. The van der Waals surface area contributed by atoms with Crippen molar-refractivity contribution >= 4 is 34.0 Å². The predicted octanol–water partition coefficient (Wildman–Crippen LogP) is 6.07. The van der Waals surface area contributed by atoms with Crippen molar-refractivity contribution in [1.29, 1.82) is 0 Å². The second-order valence-electron chi connectivity index (χ2n) is 9.46. The van der Waals surface area contributed by atoms with Crippen LogP contribution in [0.2, 0.25) is 0 Å². The lowest BCUT2D eigenvalue weighted by molar-refractivity contribution is -0.117. The number of ether oxygens (including phenoxy) is 1. The number of amides is 1. The Labute approximate surface area is 215 Å². The molecule has 4 aromatic rings. The number of furan rings is 1. The summed E-state index contributed by atoms with van der Waals surface area (Å²) in [5, 5.41) is 11.8. The van der Waals surface area contributed by atoms with E-state index in [2.05, 4.69) is 0 Å². The zero-order valence-electron chi connectivity index (χ0n) is 21.1. The van der Waals surface area contributed by atoms with Gasteiger partial charge in [-0.25, -0.2) is 0 Å². The first-order valence-corrected chi connectivity index (χ1v) is 12.1. The van der Waals surface area contributed by atoms with Crippen LogP contribution in [0.25, 0.3) is 11.0 Å². The molecule has 0 bridgehead atoms. The van der Waals surface area contributed by atoms with E-state index in [0.29, 0.717) is 22.6 Å². The van der Waals surface area contributed by atoms with Gasteiger partial charge in [0.15, 0.2) is 11.5 Å². The maximum atomic E-state index is 13.8. The Morgan fingerprint density at radius 2 is 1.68 bits per heavy atom. The van der Waals surface area contributed by atoms with Crippen LogP contribution in [0.3, 0.4) is 0 Å². The van der Waals surface area contributed by atoms with Gasteiger partial charge in [0, 0.05) is 30.9 Å². The minimum absolute atomic E-state index is 0.000901. The van der Waals surface area contributed by atoms with E-state index in [1.54, 1.807) is 36.4 Å². The van der Waals surface area contributed by atoms with Crippen molar-refractivity contribution in [3.05, 3.63) is 102 Å². The van der Waals surface area contributed by atoms with Gasteiger partial charge in [-0.2, -0.15) is 0 Å². The standard InChI is InChI=1S/C30H28N2O5/c1-18(2)36-23-15-13-22(14-16-23)32-27(19-9-11-21(12-10-19)31(3)4)26(29(34)30(32)35)28(33)25-17-20-7-5-6-8-24(20)37-25/h5-18,27,34H,1-4H3. The van der Waals surface area contributed by atoms with Crippen LogP contribution in [0.5, 0.6) is 5.75 Å². The van der Waals surface area contributed by atoms with E-state index in [1.807, 2.05) is 75.3 Å². The molecule has 1 amide bonds. The first kappa shape index (κ1) is 24.2. The topological polar surface area (TPSA) is 83.2 Å². The van der Waals surface area contributed by atoms with E-state index in [9.17, 15) is 14.7 Å². The number of aliphatic hydroxyl groups is 1. The molecule has 0 fully saturated rings. The van der Waals surface area contributed by atoms with Gasteiger partial charge >= 0.3 is 0 Å². The number of Topliss-reactive ketones (excluding diaryl/α,β-unsaturated/α-hetero) is 1. The van der Waals surface area contributed by atoms with Crippen LogP contribution in [0.15, 0.2) is 94.6 Å². The molecule has 5 rings (SSSR count). The molecular weight excluding hydrogens is 468 g/mol. The Morgan fingerprint density at radius 3 is 2.30 bits per heavy atom. The first-order valence-electron chi connectivity index (χ1n) is 12.1. The second-order valence-corrected chi connectivity index (χ2v) is 9.46. The summed E-state index contributed by atoms with van der Waals surface area (Å²) in [5.74, 6) is -1.06. The lowest BCUT2D eigenvalue weighted by Gasteiger charge is -2.27. The summed E-state index contributed by atoms with van der Waals surface area (Å²) >= 11 is 0. The number of hydrogen-bond donors (Lipinski definition) is 1. The normalized spacial score (nSPS) is 15.6. The lowest BCUT2D eigenvalue weighted by atomic mass is 9.94. The number of hydrogen-bond acceptors (Lipinski definition) is 6. The van der Waals surface area contributed by atoms with Crippen molar-refractivity contribution in [1.82, 2.24) is 0 Å². The van der Waals surface area contributed by atoms with E-state index in [4.69, 9.17) is 9.15 Å². The predicted molar refractivity (Wildman–Crippen MR) is 143 cm³/mol. The van der Waals surface area contributed by atoms with E-state index < -0.39 is 23.5 Å². The molecule has 2 heterocycles. The van der Waals surface area contributed by atoms with Crippen molar-refractivity contribution in [3.8, 4) is 5.75 Å². The summed E-state index contributed by atoms with van der Waals surface area (Å²) in [5.41, 5.74) is 2.71. The molecule has 3 aromatic carbocycles. The van der Waals surface area contributed by atoms with Crippen molar-refractivity contribution in [2.75, 3.05) is 23.9 Å². The third kappa shape index (κ3) is 4.44. The fourth-order valence-electron chi connectivity index (χ4n) is 4.56. The third-order valence-electron chi connectivity index (χ3n) is 6.31. The highest BCUT2D eigenvalue weighted by Crippen LogP contribution is 2.43. The van der Waals surface area contributed by atoms with Crippen molar-refractivity contribution in [3.63, 3.8) is 0 Å². The maximum Gasteiger partial charge on any atom is 0.294 e. The highest BCUT2D eigenvalue weighted by Gasteiger charge is 2.45. The van der Waals surface area contributed by atoms with E-state index in [0.717, 1.165) is 11.1 Å². The van der Waals surface area contributed by atoms with Crippen LogP contribution in [0.1, 0.15) is 36.0 Å². The molecule has 1 aliphatic rings. The monoisotopic (exact) mass is 496 g/mol. The second kappa shape index (κ2) is 9.50. The first-order chi connectivity index (χ1) is 17.7. The summed E-state index contributed by atoms with van der Waals surface area (Å²) in [6.07, 6.45) is 0.000901. The number of aliphatic hydroxyl groups excluding tert-OH is 1. The van der Waals surface area contributed by atoms with Crippen molar-refractivity contribution in [2.24, 2.45) is 0 Å². The van der Waals surface area contributed by atoms with E-state index in [-0.39, 0.29) is 17.4 Å². The number of para-hydroxylation sites is 1. The molecule has 37 heavy (non-hydrogen) atoms. The fraction of sp³-hybridized carbons (Fsp3) is 0.200. The molecule has 1 unspecified atom stereocenters. The van der Waals surface area contributed by atoms with Crippen LogP contribution >= 0.6 is 0 Å². The molecule has 0 saturated heterocycles. The molecule has 1 aromatic heterocycles. The zero-order chi connectivity index (χ0) is 26.3. The maximum absolute atomic E-state index is 13.8. The molecule has 1 aliphatic heterocycles. The molecule has 188 valence electrons. The Hall–Kier alpha value is -4.52. The number of nitrogens with zero attached hydrogens (tertiary/aromatic N) is 2. The van der Waals surface area contributed by atoms with Gasteiger partial charge in [-0.05, 0) is 67.9 Å². The average Bonchev–Trinajstić information content (AvgIpc) is 3.43. The molecule has 1 N–H and O–H groups in total. The minimum Gasteiger partial charge on any atom is -0.503 e. The fourth-order valence-corrected chi connectivity index (χ4v) is 4.56.